The minimum absolute atomic E-state index is 0.173. The van der Waals surface area contributed by atoms with E-state index in [1.165, 1.54) is 6.08 Å². The van der Waals surface area contributed by atoms with E-state index in [4.69, 9.17) is 21.1 Å². The molecule has 3 rings (SSSR count). The summed E-state index contributed by atoms with van der Waals surface area (Å²) in [5.41, 5.74) is 2.94. The number of fused-ring (bicyclic) bond motifs is 1. The standard InChI is InChI=1S/C20H21ClN2O3/c1-23(2)16-6-3-14(4-7-16)13-22-19(24)8-5-15-11-17(21)20-18(12-15)25-9-10-26-20/h3-8,11-12H,9-10,13H2,1-2H3,(H,22,24)/b8-5+. The molecule has 0 bridgehead atoms. The third-order valence-electron chi connectivity index (χ3n) is 3.97. The lowest BCUT2D eigenvalue weighted by Gasteiger charge is -2.19. The molecule has 1 N–H and O–H groups in total. The molecule has 0 saturated heterocycles. The van der Waals surface area contributed by atoms with Gasteiger partial charge in [0.1, 0.15) is 13.2 Å². The van der Waals surface area contributed by atoms with Crippen molar-refractivity contribution in [1.82, 2.24) is 5.32 Å². The van der Waals surface area contributed by atoms with Crippen LogP contribution in [0, 0.1) is 0 Å². The Kier molecular flexibility index (Phi) is 5.68. The maximum atomic E-state index is 12.0. The molecule has 2 aromatic carbocycles. The molecule has 0 spiro atoms. The first-order valence-electron chi connectivity index (χ1n) is 8.34. The van der Waals surface area contributed by atoms with Crippen LogP contribution in [0.2, 0.25) is 5.02 Å². The Morgan fingerprint density at radius 3 is 2.65 bits per heavy atom. The Morgan fingerprint density at radius 2 is 1.92 bits per heavy atom. The van der Waals surface area contributed by atoms with Gasteiger partial charge in [-0.1, -0.05) is 23.7 Å². The van der Waals surface area contributed by atoms with Crippen LogP contribution in [0.4, 0.5) is 5.69 Å². The van der Waals surface area contributed by atoms with Crippen LogP contribution >= 0.6 is 11.6 Å². The summed E-state index contributed by atoms with van der Waals surface area (Å²) < 4.78 is 11.0. The zero-order valence-electron chi connectivity index (χ0n) is 14.8. The van der Waals surface area contributed by atoms with Gasteiger partial charge in [-0.25, -0.2) is 0 Å². The summed E-state index contributed by atoms with van der Waals surface area (Å²) in [6.07, 6.45) is 3.19. The van der Waals surface area contributed by atoms with Gasteiger partial charge in [-0.3, -0.25) is 4.79 Å². The Labute approximate surface area is 158 Å². The monoisotopic (exact) mass is 372 g/mol. The van der Waals surface area contributed by atoms with Gasteiger partial charge >= 0.3 is 0 Å². The van der Waals surface area contributed by atoms with Crippen molar-refractivity contribution in [2.45, 2.75) is 6.54 Å². The maximum Gasteiger partial charge on any atom is 0.244 e. The molecule has 6 heteroatoms. The number of nitrogens with one attached hydrogen (secondary N) is 1. The first-order chi connectivity index (χ1) is 12.5. The zero-order valence-corrected chi connectivity index (χ0v) is 15.5. The summed E-state index contributed by atoms with van der Waals surface area (Å²) in [5, 5.41) is 3.34. The minimum Gasteiger partial charge on any atom is -0.486 e. The highest BCUT2D eigenvalue weighted by Crippen LogP contribution is 2.38. The summed E-state index contributed by atoms with van der Waals surface area (Å²) in [6, 6.07) is 11.6. The molecule has 136 valence electrons. The highest BCUT2D eigenvalue weighted by Gasteiger charge is 2.15. The van der Waals surface area contributed by atoms with Crippen LogP contribution in [0.3, 0.4) is 0 Å². The van der Waals surface area contributed by atoms with Crippen molar-refractivity contribution in [1.29, 1.82) is 0 Å². The summed E-state index contributed by atoms with van der Waals surface area (Å²) in [7, 11) is 3.98. The normalized spacial score (nSPS) is 12.9. The molecule has 0 radical (unpaired) electrons. The highest BCUT2D eigenvalue weighted by molar-refractivity contribution is 6.32. The number of halogens is 1. The van der Waals surface area contributed by atoms with E-state index >= 15 is 0 Å². The van der Waals surface area contributed by atoms with Crippen LogP contribution in [-0.2, 0) is 11.3 Å². The number of amides is 1. The predicted molar refractivity (Wildman–Crippen MR) is 104 cm³/mol. The van der Waals surface area contributed by atoms with Crippen LogP contribution in [0.25, 0.3) is 6.08 Å². The smallest absolute Gasteiger partial charge is 0.244 e. The number of anilines is 1. The van der Waals surface area contributed by atoms with Crippen molar-refractivity contribution in [3.8, 4) is 11.5 Å². The fourth-order valence-electron chi connectivity index (χ4n) is 2.56. The van der Waals surface area contributed by atoms with Gasteiger partial charge in [-0.2, -0.15) is 0 Å². The topological polar surface area (TPSA) is 50.8 Å². The van der Waals surface area contributed by atoms with Crippen molar-refractivity contribution >= 4 is 29.3 Å². The van der Waals surface area contributed by atoms with E-state index in [0.717, 1.165) is 16.8 Å². The molecule has 0 fully saturated rings. The van der Waals surface area contributed by atoms with Gasteiger partial charge in [0.15, 0.2) is 11.5 Å². The molecule has 1 amide bonds. The first-order valence-corrected chi connectivity index (χ1v) is 8.72. The minimum atomic E-state index is -0.173. The number of hydrogen-bond acceptors (Lipinski definition) is 4. The third kappa shape index (κ3) is 4.49. The lowest BCUT2D eigenvalue weighted by molar-refractivity contribution is -0.116. The molecule has 26 heavy (non-hydrogen) atoms. The SMILES string of the molecule is CN(C)c1ccc(CNC(=O)/C=C/c2cc(Cl)c3c(c2)OCCO3)cc1. The number of ether oxygens (including phenoxy) is 2. The number of hydrogen-bond donors (Lipinski definition) is 1. The van der Waals surface area contributed by atoms with Crippen LogP contribution in [0.15, 0.2) is 42.5 Å². The summed E-state index contributed by atoms with van der Waals surface area (Å²) in [6.45, 7) is 1.45. The molecule has 0 unspecified atom stereocenters. The second-order valence-electron chi connectivity index (χ2n) is 6.14. The molecule has 5 nitrogen and oxygen atoms in total. The molecular weight excluding hydrogens is 352 g/mol. The highest BCUT2D eigenvalue weighted by atomic mass is 35.5. The molecule has 0 aliphatic carbocycles. The lowest BCUT2D eigenvalue weighted by atomic mass is 10.1. The second-order valence-corrected chi connectivity index (χ2v) is 6.55. The van der Waals surface area contributed by atoms with Gasteiger partial charge in [0, 0.05) is 32.4 Å². The van der Waals surface area contributed by atoms with Gasteiger partial charge in [0.2, 0.25) is 5.91 Å². The average Bonchev–Trinajstić information content (AvgIpc) is 2.65. The van der Waals surface area contributed by atoms with E-state index in [0.29, 0.717) is 36.3 Å². The van der Waals surface area contributed by atoms with E-state index in [9.17, 15) is 4.79 Å². The average molecular weight is 373 g/mol. The van der Waals surface area contributed by atoms with E-state index in [-0.39, 0.29) is 5.91 Å². The quantitative estimate of drug-likeness (QED) is 0.816. The summed E-state index contributed by atoms with van der Waals surface area (Å²) >= 11 is 6.20. The van der Waals surface area contributed by atoms with Gasteiger partial charge < -0.3 is 19.7 Å². The van der Waals surface area contributed by atoms with Crippen molar-refractivity contribution in [3.05, 3.63) is 58.6 Å². The largest absolute Gasteiger partial charge is 0.486 e. The van der Waals surface area contributed by atoms with E-state index < -0.39 is 0 Å². The Balaban J connectivity index is 1.58. The molecule has 1 aliphatic heterocycles. The van der Waals surface area contributed by atoms with Crippen molar-refractivity contribution in [2.75, 3.05) is 32.2 Å². The van der Waals surface area contributed by atoms with E-state index in [1.54, 1.807) is 12.1 Å². The molecule has 1 aliphatic rings. The van der Waals surface area contributed by atoms with Crippen molar-refractivity contribution < 1.29 is 14.3 Å². The first kappa shape index (κ1) is 18.1. The summed E-state index contributed by atoms with van der Waals surface area (Å²) in [5.74, 6) is 0.984. The molecular formula is C20H21ClN2O3. The molecule has 0 atom stereocenters. The van der Waals surface area contributed by atoms with E-state index in [2.05, 4.69) is 5.32 Å². The number of rotatable bonds is 5. The predicted octanol–water partition coefficient (Wildman–Crippen LogP) is 3.51. The molecule has 2 aromatic rings. The van der Waals surface area contributed by atoms with Crippen LogP contribution in [0.5, 0.6) is 11.5 Å². The van der Waals surface area contributed by atoms with Gasteiger partial charge in [-0.05, 0) is 41.5 Å². The van der Waals surface area contributed by atoms with Crippen LogP contribution in [-0.4, -0.2) is 33.2 Å². The zero-order chi connectivity index (χ0) is 18.5. The van der Waals surface area contributed by atoms with Gasteiger partial charge in [-0.15, -0.1) is 0 Å². The Bertz CT molecular complexity index is 817. The van der Waals surface area contributed by atoms with E-state index in [1.807, 2.05) is 49.3 Å². The van der Waals surface area contributed by atoms with Crippen molar-refractivity contribution in [3.63, 3.8) is 0 Å². The lowest BCUT2D eigenvalue weighted by Crippen LogP contribution is -2.20. The van der Waals surface area contributed by atoms with Gasteiger partial charge in [0.25, 0.3) is 0 Å². The second kappa shape index (κ2) is 8.15. The molecule has 0 saturated carbocycles. The van der Waals surface area contributed by atoms with Crippen LogP contribution < -0.4 is 19.7 Å². The Hall–Kier alpha value is -2.66. The van der Waals surface area contributed by atoms with Crippen molar-refractivity contribution in [2.24, 2.45) is 0 Å². The number of carbonyl (C=O) groups excluding carboxylic acids is 1. The van der Waals surface area contributed by atoms with Crippen LogP contribution in [0.1, 0.15) is 11.1 Å². The Morgan fingerprint density at radius 1 is 1.19 bits per heavy atom. The number of nitrogens with zero attached hydrogens (tertiary/aromatic N) is 1. The fourth-order valence-corrected chi connectivity index (χ4v) is 2.83. The maximum absolute atomic E-state index is 12.0. The van der Waals surface area contributed by atoms with Gasteiger partial charge in [0.05, 0.1) is 5.02 Å². The summed E-state index contributed by atoms with van der Waals surface area (Å²) in [4.78, 5) is 14.1. The fraction of sp³-hybridized carbons (Fsp3) is 0.250. The third-order valence-corrected chi connectivity index (χ3v) is 4.25. The number of benzene rings is 2. The molecule has 1 heterocycles. The number of carbonyl (C=O) groups is 1. The molecule has 0 aromatic heterocycles.